The minimum Gasteiger partial charge on any atom is -0.329 e. The molecule has 0 bridgehead atoms. The first-order valence-corrected chi connectivity index (χ1v) is 9.45. The number of rotatable bonds is 5. The molecule has 2 aromatic carbocycles. The lowest BCUT2D eigenvalue weighted by Gasteiger charge is -2.17. The van der Waals surface area contributed by atoms with E-state index in [9.17, 15) is 23.6 Å². The number of nitrogens with zero attached hydrogens (tertiary/aromatic N) is 2. The molecule has 30 heavy (non-hydrogen) atoms. The largest absolute Gasteiger partial charge is 0.329 e. The number of para-hydroxylation sites is 1. The van der Waals surface area contributed by atoms with Gasteiger partial charge in [-0.3, -0.25) is 19.3 Å². The number of benzene rings is 2. The van der Waals surface area contributed by atoms with Crippen LogP contribution in [0.25, 0.3) is 0 Å². The lowest BCUT2D eigenvalue weighted by Crippen LogP contribution is -2.30. The Morgan fingerprint density at radius 1 is 1.10 bits per heavy atom. The van der Waals surface area contributed by atoms with Gasteiger partial charge in [-0.2, -0.15) is 0 Å². The fourth-order valence-corrected chi connectivity index (χ4v) is 3.58. The Bertz CT molecular complexity index is 1030. The number of imide groups is 1. The molecule has 1 atom stereocenters. The van der Waals surface area contributed by atoms with Gasteiger partial charge in [-0.25, -0.2) is 9.18 Å². The van der Waals surface area contributed by atoms with Crippen LogP contribution in [0.2, 0.25) is 0 Å². The highest BCUT2D eigenvalue weighted by Crippen LogP contribution is 2.28. The second kappa shape index (κ2) is 7.94. The van der Waals surface area contributed by atoms with Crippen molar-refractivity contribution in [2.45, 2.75) is 13.0 Å². The second-order valence-electron chi connectivity index (χ2n) is 7.19. The molecule has 0 saturated carbocycles. The van der Waals surface area contributed by atoms with Gasteiger partial charge in [0.15, 0.2) is 0 Å². The Hall–Kier alpha value is -3.75. The Morgan fingerprint density at radius 2 is 1.90 bits per heavy atom. The first kappa shape index (κ1) is 19.6. The molecular formula is C21H19FN4O4. The molecule has 0 aromatic heterocycles. The summed E-state index contributed by atoms with van der Waals surface area (Å²) in [6.07, 6.45) is -0.0116. The minimum atomic E-state index is -0.619. The van der Waals surface area contributed by atoms with Gasteiger partial charge in [-0.05, 0) is 29.8 Å². The average Bonchev–Trinajstić information content (AvgIpc) is 3.26. The Labute approximate surface area is 171 Å². The van der Waals surface area contributed by atoms with Crippen molar-refractivity contribution >= 4 is 35.1 Å². The van der Waals surface area contributed by atoms with Crippen molar-refractivity contribution in [2.24, 2.45) is 5.92 Å². The third-order valence-corrected chi connectivity index (χ3v) is 5.11. The van der Waals surface area contributed by atoms with Crippen LogP contribution in [0.3, 0.4) is 0 Å². The number of halogens is 1. The summed E-state index contributed by atoms with van der Waals surface area (Å²) >= 11 is 0. The van der Waals surface area contributed by atoms with Gasteiger partial charge in [0, 0.05) is 18.7 Å². The number of amides is 5. The number of carbonyl (C=O) groups is 4. The highest BCUT2D eigenvalue weighted by Gasteiger charge is 2.36. The molecular weight excluding hydrogens is 391 g/mol. The molecule has 8 nitrogen and oxygen atoms in total. The van der Waals surface area contributed by atoms with Gasteiger partial charge in [0.1, 0.15) is 5.82 Å². The maximum absolute atomic E-state index is 14.0. The lowest BCUT2D eigenvalue weighted by molar-refractivity contribution is -0.125. The Balaban J connectivity index is 1.42. The van der Waals surface area contributed by atoms with Crippen molar-refractivity contribution < 1.29 is 23.6 Å². The summed E-state index contributed by atoms with van der Waals surface area (Å²) in [7, 11) is 0. The molecule has 2 aliphatic rings. The van der Waals surface area contributed by atoms with Gasteiger partial charge < -0.3 is 15.5 Å². The van der Waals surface area contributed by atoms with Gasteiger partial charge in [0.25, 0.3) is 0 Å². The first-order chi connectivity index (χ1) is 14.4. The third kappa shape index (κ3) is 3.86. The van der Waals surface area contributed by atoms with Crippen molar-refractivity contribution in [2.75, 3.05) is 23.3 Å². The van der Waals surface area contributed by atoms with Crippen molar-refractivity contribution in [1.29, 1.82) is 0 Å². The van der Waals surface area contributed by atoms with E-state index >= 15 is 0 Å². The molecule has 2 fully saturated rings. The molecule has 9 heteroatoms. The van der Waals surface area contributed by atoms with Crippen LogP contribution in [0.15, 0.2) is 48.5 Å². The van der Waals surface area contributed by atoms with Crippen LogP contribution < -0.4 is 15.5 Å². The predicted octanol–water partition coefficient (Wildman–Crippen LogP) is 1.87. The van der Waals surface area contributed by atoms with E-state index in [0.29, 0.717) is 11.3 Å². The van der Waals surface area contributed by atoms with Gasteiger partial charge >= 0.3 is 6.03 Å². The number of urea groups is 1. The van der Waals surface area contributed by atoms with Gasteiger partial charge in [0.05, 0.1) is 24.7 Å². The number of nitrogens with one attached hydrogen (secondary N) is 2. The number of anilines is 2. The lowest BCUT2D eigenvalue weighted by atomic mass is 10.1. The highest BCUT2D eigenvalue weighted by molar-refractivity contribution is 6.04. The molecule has 154 valence electrons. The van der Waals surface area contributed by atoms with E-state index in [1.54, 1.807) is 30.3 Å². The number of hydrogen-bond donors (Lipinski definition) is 2. The molecule has 0 radical (unpaired) electrons. The summed E-state index contributed by atoms with van der Waals surface area (Å²) in [5, 5.41) is 5.22. The maximum atomic E-state index is 14.0. The zero-order valence-corrected chi connectivity index (χ0v) is 15.9. The van der Waals surface area contributed by atoms with Crippen LogP contribution in [0, 0.1) is 11.7 Å². The van der Waals surface area contributed by atoms with Crippen LogP contribution in [0.1, 0.15) is 12.0 Å². The molecule has 0 spiro atoms. The Morgan fingerprint density at radius 3 is 2.63 bits per heavy atom. The molecule has 2 aliphatic heterocycles. The minimum absolute atomic E-state index is 0.0116. The van der Waals surface area contributed by atoms with Crippen LogP contribution in [0.5, 0.6) is 0 Å². The van der Waals surface area contributed by atoms with Crippen molar-refractivity contribution in [3.05, 3.63) is 59.9 Å². The summed E-state index contributed by atoms with van der Waals surface area (Å²) in [6, 6.07) is 12.3. The molecule has 2 aromatic rings. The summed E-state index contributed by atoms with van der Waals surface area (Å²) in [5.41, 5.74) is 1.32. The quantitative estimate of drug-likeness (QED) is 0.735. The molecule has 4 rings (SSSR count). The zero-order valence-electron chi connectivity index (χ0n) is 15.9. The van der Waals surface area contributed by atoms with E-state index in [0.717, 1.165) is 4.90 Å². The van der Waals surface area contributed by atoms with Crippen LogP contribution in [-0.2, 0) is 20.9 Å². The number of carbonyl (C=O) groups excluding carboxylic acids is 4. The number of hydrogen-bond acceptors (Lipinski definition) is 4. The van der Waals surface area contributed by atoms with E-state index in [4.69, 9.17) is 0 Å². The molecule has 0 aliphatic carbocycles. The highest BCUT2D eigenvalue weighted by atomic mass is 19.1. The van der Waals surface area contributed by atoms with Gasteiger partial charge in [0.2, 0.25) is 17.7 Å². The zero-order chi connectivity index (χ0) is 21.3. The van der Waals surface area contributed by atoms with Crippen molar-refractivity contribution in [1.82, 2.24) is 10.2 Å². The van der Waals surface area contributed by atoms with E-state index < -0.39 is 17.8 Å². The third-order valence-electron chi connectivity index (χ3n) is 5.11. The standard InChI is InChI=1S/C21H19FN4O4/c22-16-6-1-2-7-17(16)25-12-14(9-18(25)27)20(29)24-15-5-3-4-13(8-15)11-26-19(28)10-23-21(26)30/h1-8,14H,9-12H2,(H,23,30)(H,24,29). The summed E-state index contributed by atoms with van der Waals surface area (Å²) in [5.74, 6) is -2.11. The summed E-state index contributed by atoms with van der Waals surface area (Å²) < 4.78 is 14.0. The maximum Gasteiger partial charge on any atom is 0.324 e. The Kier molecular flexibility index (Phi) is 5.18. The van der Waals surface area contributed by atoms with E-state index in [1.807, 2.05) is 0 Å². The van der Waals surface area contributed by atoms with Crippen LogP contribution in [-0.4, -0.2) is 41.7 Å². The SMILES string of the molecule is O=C(Nc1cccc(CN2C(=O)CNC2=O)c1)C1CC(=O)N(c2ccccc2F)C1. The predicted molar refractivity (Wildman–Crippen MR) is 106 cm³/mol. The fraction of sp³-hybridized carbons (Fsp3) is 0.238. The van der Waals surface area contributed by atoms with Gasteiger partial charge in [-0.1, -0.05) is 24.3 Å². The topological polar surface area (TPSA) is 98.8 Å². The fourth-order valence-electron chi connectivity index (χ4n) is 3.58. The molecule has 2 saturated heterocycles. The molecule has 5 amide bonds. The summed E-state index contributed by atoms with van der Waals surface area (Å²) in [6.45, 7) is 0.161. The summed E-state index contributed by atoms with van der Waals surface area (Å²) in [4.78, 5) is 50.8. The van der Waals surface area contributed by atoms with Crippen molar-refractivity contribution in [3.8, 4) is 0 Å². The second-order valence-corrected chi connectivity index (χ2v) is 7.19. The smallest absolute Gasteiger partial charge is 0.324 e. The first-order valence-electron chi connectivity index (χ1n) is 9.45. The normalized spacial score (nSPS) is 18.7. The van der Waals surface area contributed by atoms with Crippen LogP contribution in [0.4, 0.5) is 20.6 Å². The van der Waals surface area contributed by atoms with Gasteiger partial charge in [-0.15, -0.1) is 0 Å². The van der Waals surface area contributed by atoms with E-state index in [-0.39, 0.29) is 49.5 Å². The average molecular weight is 410 g/mol. The molecule has 1 unspecified atom stereocenters. The molecule has 2 N–H and O–H groups in total. The monoisotopic (exact) mass is 410 g/mol. The van der Waals surface area contributed by atoms with Crippen LogP contribution >= 0.6 is 0 Å². The van der Waals surface area contributed by atoms with Crippen molar-refractivity contribution in [3.63, 3.8) is 0 Å². The van der Waals surface area contributed by atoms with E-state index in [1.165, 1.54) is 23.1 Å². The molecule has 2 heterocycles. The van der Waals surface area contributed by atoms with E-state index in [2.05, 4.69) is 10.6 Å².